The summed E-state index contributed by atoms with van der Waals surface area (Å²) in [5.41, 5.74) is 0. The molecule has 0 aliphatic carbocycles. The topological polar surface area (TPSA) is 92.8 Å². The molecule has 23 heavy (non-hydrogen) atoms. The number of halogens is 1. The Morgan fingerprint density at radius 3 is 2.43 bits per heavy atom. The fourth-order valence-corrected chi connectivity index (χ4v) is 3.77. The zero-order valence-corrected chi connectivity index (χ0v) is 13.5. The number of esters is 1. The summed E-state index contributed by atoms with van der Waals surface area (Å²) in [5, 5.41) is 0. The molecule has 1 N–H and O–H groups in total. The number of benzene rings is 1. The third kappa shape index (κ3) is 3.85. The monoisotopic (exact) mass is 344 g/mol. The Morgan fingerprint density at radius 2 is 1.91 bits per heavy atom. The maximum atomic E-state index is 12.9. The van der Waals surface area contributed by atoms with E-state index in [1.54, 1.807) is 0 Å². The van der Waals surface area contributed by atoms with Crippen LogP contribution in [0.3, 0.4) is 0 Å². The van der Waals surface area contributed by atoms with Gasteiger partial charge in [0.05, 0.1) is 12.0 Å². The van der Waals surface area contributed by atoms with Gasteiger partial charge in [0.15, 0.2) is 0 Å². The summed E-state index contributed by atoms with van der Waals surface area (Å²) in [6.07, 6.45) is 0.118. The Kier molecular flexibility index (Phi) is 5.00. The van der Waals surface area contributed by atoms with Gasteiger partial charge in [0, 0.05) is 19.5 Å². The van der Waals surface area contributed by atoms with Gasteiger partial charge in [-0.05, 0) is 30.7 Å². The molecule has 7 nitrogen and oxygen atoms in total. The lowest BCUT2D eigenvalue weighted by Crippen LogP contribution is -2.40. The minimum atomic E-state index is -3.87. The zero-order chi connectivity index (χ0) is 17.2. The highest BCUT2D eigenvalue weighted by Gasteiger charge is 2.40. The average molecular weight is 344 g/mol. The van der Waals surface area contributed by atoms with Gasteiger partial charge in [-0.3, -0.25) is 4.79 Å². The zero-order valence-electron chi connectivity index (χ0n) is 12.7. The van der Waals surface area contributed by atoms with Crippen LogP contribution in [0.25, 0.3) is 0 Å². The Hall–Kier alpha value is -2.00. The van der Waals surface area contributed by atoms with Crippen molar-refractivity contribution in [3.05, 3.63) is 30.1 Å². The third-order valence-corrected chi connectivity index (χ3v) is 5.16. The van der Waals surface area contributed by atoms with Crippen LogP contribution in [0.5, 0.6) is 0 Å². The molecule has 0 saturated carbocycles. The van der Waals surface area contributed by atoms with Crippen LogP contribution in [0.15, 0.2) is 29.2 Å². The number of nitrogens with zero attached hydrogens (tertiary/aromatic N) is 1. The lowest BCUT2D eigenvalue weighted by Gasteiger charge is -2.20. The van der Waals surface area contributed by atoms with Gasteiger partial charge in [0.1, 0.15) is 11.9 Å². The second-order valence-corrected chi connectivity index (χ2v) is 6.93. The van der Waals surface area contributed by atoms with Crippen molar-refractivity contribution in [2.24, 2.45) is 0 Å². The predicted octanol–water partition coefficient (Wildman–Crippen LogP) is 0.266. The van der Waals surface area contributed by atoms with Crippen LogP contribution >= 0.6 is 0 Å². The summed E-state index contributed by atoms with van der Waals surface area (Å²) in [5.74, 6) is -1.48. The summed E-state index contributed by atoms with van der Waals surface area (Å²) in [4.78, 5) is 24.5. The number of methoxy groups -OCH3 is 1. The molecule has 0 aromatic heterocycles. The molecule has 2 atom stereocenters. The first-order valence-electron chi connectivity index (χ1n) is 6.87. The van der Waals surface area contributed by atoms with Crippen LogP contribution in [-0.2, 0) is 24.3 Å². The minimum absolute atomic E-state index is 0.0650. The van der Waals surface area contributed by atoms with Crippen molar-refractivity contribution < 1.29 is 27.1 Å². The third-order valence-electron chi connectivity index (χ3n) is 3.62. The first kappa shape index (κ1) is 17.4. The second-order valence-electron chi connectivity index (χ2n) is 5.22. The number of hydrogen-bond donors (Lipinski definition) is 1. The molecule has 1 fully saturated rings. The van der Waals surface area contributed by atoms with E-state index >= 15 is 0 Å². The standard InChI is InChI=1S/C14H17FN2O5S/c1-9(18)17-8-11(7-13(17)14(19)22-2)16-23(20,21)12-5-3-10(15)4-6-12/h3-6,11,13,16H,7-8H2,1-2H3. The normalized spacial score (nSPS) is 21.3. The van der Waals surface area contributed by atoms with Gasteiger partial charge in [0.2, 0.25) is 15.9 Å². The first-order valence-corrected chi connectivity index (χ1v) is 8.36. The average Bonchev–Trinajstić information content (AvgIpc) is 2.90. The number of ether oxygens (including phenoxy) is 1. The van der Waals surface area contributed by atoms with E-state index in [1.807, 2.05) is 0 Å². The largest absolute Gasteiger partial charge is 0.467 e. The SMILES string of the molecule is COC(=O)C1CC(NS(=O)(=O)c2ccc(F)cc2)CN1C(C)=O. The van der Waals surface area contributed by atoms with E-state index in [4.69, 9.17) is 0 Å². The molecular weight excluding hydrogens is 327 g/mol. The summed E-state index contributed by atoms with van der Waals surface area (Å²) in [6, 6.07) is 2.93. The lowest BCUT2D eigenvalue weighted by atomic mass is 10.2. The summed E-state index contributed by atoms with van der Waals surface area (Å²) >= 11 is 0. The molecule has 2 rings (SSSR count). The molecule has 1 saturated heterocycles. The molecule has 0 spiro atoms. The van der Waals surface area contributed by atoms with E-state index in [-0.39, 0.29) is 23.8 Å². The maximum absolute atomic E-state index is 12.9. The number of carbonyl (C=O) groups excluding carboxylic acids is 2. The van der Waals surface area contributed by atoms with E-state index in [1.165, 1.54) is 18.9 Å². The molecular formula is C14H17FN2O5S. The van der Waals surface area contributed by atoms with E-state index in [2.05, 4.69) is 9.46 Å². The van der Waals surface area contributed by atoms with E-state index in [0.717, 1.165) is 24.3 Å². The van der Waals surface area contributed by atoms with Crippen LogP contribution in [-0.4, -0.2) is 50.9 Å². The smallest absolute Gasteiger partial charge is 0.328 e. The van der Waals surface area contributed by atoms with Crippen LogP contribution in [0.1, 0.15) is 13.3 Å². The van der Waals surface area contributed by atoms with E-state index in [0.29, 0.717) is 0 Å². The fraction of sp³-hybridized carbons (Fsp3) is 0.429. The second kappa shape index (κ2) is 6.63. The van der Waals surface area contributed by atoms with Gasteiger partial charge in [0.25, 0.3) is 0 Å². The number of hydrogen-bond acceptors (Lipinski definition) is 5. The maximum Gasteiger partial charge on any atom is 0.328 e. The highest BCUT2D eigenvalue weighted by atomic mass is 32.2. The van der Waals surface area contributed by atoms with Gasteiger partial charge >= 0.3 is 5.97 Å². The Bertz CT molecular complexity index is 704. The lowest BCUT2D eigenvalue weighted by molar-refractivity contribution is -0.150. The molecule has 1 aliphatic rings. The number of nitrogens with one attached hydrogen (secondary N) is 1. The number of likely N-dealkylation sites (tertiary alicyclic amines) is 1. The molecule has 1 aromatic carbocycles. The van der Waals surface area contributed by atoms with Crippen LogP contribution < -0.4 is 4.72 Å². The Morgan fingerprint density at radius 1 is 1.30 bits per heavy atom. The van der Waals surface area contributed by atoms with Crippen molar-refractivity contribution in [1.82, 2.24) is 9.62 Å². The van der Waals surface area contributed by atoms with Crippen LogP contribution in [0.2, 0.25) is 0 Å². The van der Waals surface area contributed by atoms with Crippen LogP contribution in [0.4, 0.5) is 4.39 Å². The first-order chi connectivity index (χ1) is 10.7. The van der Waals surface area contributed by atoms with Crippen molar-refractivity contribution in [2.75, 3.05) is 13.7 Å². The fourth-order valence-electron chi connectivity index (χ4n) is 2.53. The molecule has 0 bridgehead atoms. The van der Waals surface area contributed by atoms with Gasteiger partial charge in [-0.1, -0.05) is 0 Å². The van der Waals surface area contributed by atoms with E-state index < -0.39 is 33.9 Å². The summed E-state index contributed by atoms with van der Waals surface area (Å²) in [7, 11) is -2.67. The minimum Gasteiger partial charge on any atom is -0.467 e. The molecule has 1 aliphatic heterocycles. The van der Waals surface area contributed by atoms with Gasteiger partial charge in [-0.25, -0.2) is 22.3 Å². The van der Waals surface area contributed by atoms with Crippen LogP contribution in [0, 0.1) is 5.82 Å². The molecule has 2 unspecified atom stereocenters. The van der Waals surface area contributed by atoms with Crippen molar-refractivity contribution in [3.8, 4) is 0 Å². The molecule has 1 heterocycles. The number of sulfonamides is 1. The molecule has 0 radical (unpaired) electrons. The summed E-state index contributed by atoms with van der Waals surface area (Å²) < 4.78 is 44.5. The highest BCUT2D eigenvalue weighted by molar-refractivity contribution is 7.89. The van der Waals surface area contributed by atoms with Crippen molar-refractivity contribution in [2.45, 2.75) is 30.3 Å². The van der Waals surface area contributed by atoms with Crippen molar-refractivity contribution >= 4 is 21.9 Å². The van der Waals surface area contributed by atoms with Crippen molar-refractivity contribution in [3.63, 3.8) is 0 Å². The quantitative estimate of drug-likeness (QED) is 0.791. The van der Waals surface area contributed by atoms with Gasteiger partial charge in [-0.15, -0.1) is 0 Å². The number of carbonyl (C=O) groups is 2. The summed E-state index contributed by atoms with van der Waals surface area (Å²) in [6.45, 7) is 1.36. The number of rotatable bonds is 4. The predicted molar refractivity (Wildman–Crippen MR) is 78.3 cm³/mol. The van der Waals surface area contributed by atoms with E-state index in [9.17, 15) is 22.4 Å². The molecule has 9 heteroatoms. The molecule has 126 valence electrons. The van der Waals surface area contributed by atoms with Gasteiger partial charge < -0.3 is 9.64 Å². The Labute approximate surface area is 133 Å². The van der Waals surface area contributed by atoms with Crippen molar-refractivity contribution in [1.29, 1.82) is 0 Å². The molecule has 1 amide bonds. The highest BCUT2D eigenvalue weighted by Crippen LogP contribution is 2.21. The number of amides is 1. The van der Waals surface area contributed by atoms with Gasteiger partial charge in [-0.2, -0.15) is 0 Å². The Balaban J connectivity index is 2.15. The molecule has 1 aromatic rings.